The van der Waals surface area contributed by atoms with Crippen molar-refractivity contribution in [1.29, 1.82) is 0 Å². The number of carbonyl (C=O) groups excluding carboxylic acids is 1. The maximum Gasteiger partial charge on any atom is 0.270 e. The van der Waals surface area contributed by atoms with Gasteiger partial charge in [0, 0.05) is 25.4 Å². The lowest BCUT2D eigenvalue weighted by atomic mass is 9.93. The topological polar surface area (TPSA) is 79.0 Å². The Hall–Kier alpha value is -1.87. The normalized spacial score (nSPS) is 22.1. The van der Waals surface area contributed by atoms with Gasteiger partial charge in [0.2, 0.25) is 5.91 Å². The zero-order chi connectivity index (χ0) is 19.3. The van der Waals surface area contributed by atoms with E-state index >= 15 is 0 Å². The highest BCUT2D eigenvalue weighted by Crippen LogP contribution is 2.50. The van der Waals surface area contributed by atoms with Gasteiger partial charge in [-0.05, 0) is 19.8 Å². The van der Waals surface area contributed by atoms with E-state index in [4.69, 9.17) is 11.6 Å². The summed E-state index contributed by atoms with van der Waals surface area (Å²) in [5, 5.41) is 0.0411. The van der Waals surface area contributed by atoms with Crippen LogP contribution in [0.1, 0.15) is 36.6 Å². The number of nitrogens with one attached hydrogen (secondary N) is 1. The Bertz CT molecular complexity index is 953. The largest absolute Gasteiger partial charge is 0.342 e. The van der Waals surface area contributed by atoms with Crippen molar-refractivity contribution in [3.05, 3.63) is 32.3 Å². The number of likely N-dealkylation sites (tertiary alicyclic amines) is 1. The average Bonchev–Trinajstić information content (AvgIpc) is 3.06. The smallest absolute Gasteiger partial charge is 0.270 e. The van der Waals surface area contributed by atoms with E-state index < -0.39 is 23.3 Å². The molecule has 1 aliphatic heterocycles. The minimum Gasteiger partial charge on any atom is -0.342 e. The molecule has 2 aliphatic rings. The van der Waals surface area contributed by atoms with E-state index in [2.05, 4.69) is 15.0 Å². The SMILES string of the molecule is Cc1ncsc1-c1nc(C2CCN(C(=O)C3CC3(F)F)CC2)c(Cl)c(=O)[nH]1. The highest BCUT2D eigenvalue weighted by molar-refractivity contribution is 7.13. The molecule has 1 N–H and O–H groups in total. The van der Waals surface area contributed by atoms with E-state index in [0.29, 0.717) is 37.4 Å². The molecule has 2 aromatic rings. The molecule has 27 heavy (non-hydrogen) atoms. The zero-order valence-corrected chi connectivity index (χ0v) is 16.0. The van der Waals surface area contributed by atoms with Crippen LogP contribution in [0.4, 0.5) is 8.78 Å². The second-order valence-corrected chi connectivity index (χ2v) is 8.23. The Morgan fingerprint density at radius 1 is 1.41 bits per heavy atom. The van der Waals surface area contributed by atoms with Gasteiger partial charge in [-0.1, -0.05) is 11.6 Å². The quantitative estimate of drug-likeness (QED) is 0.836. The second kappa shape index (κ2) is 6.63. The third-order valence-electron chi connectivity index (χ3n) is 5.17. The molecular weight excluding hydrogens is 398 g/mol. The summed E-state index contributed by atoms with van der Waals surface area (Å²) in [4.78, 5) is 38.1. The van der Waals surface area contributed by atoms with Crippen LogP contribution in [0.3, 0.4) is 0 Å². The van der Waals surface area contributed by atoms with E-state index in [-0.39, 0.29) is 17.4 Å². The first-order valence-electron chi connectivity index (χ1n) is 8.64. The zero-order valence-electron chi connectivity index (χ0n) is 14.5. The van der Waals surface area contributed by atoms with Gasteiger partial charge in [-0.15, -0.1) is 11.3 Å². The molecule has 1 saturated heterocycles. The van der Waals surface area contributed by atoms with Gasteiger partial charge in [-0.25, -0.2) is 18.7 Å². The first kappa shape index (κ1) is 18.5. The number of H-pyrrole nitrogens is 1. The Balaban J connectivity index is 1.53. The van der Waals surface area contributed by atoms with Crippen molar-refractivity contribution in [2.24, 2.45) is 5.92 Å². The van der Waals surface area contributed by atoms with Gasteiger partial charge < -0.3 is 9.88 Å². The summed E-state index contributed by atoms with van der Waals surface area (Å²) < 4.78 is 26.3. The van der Waals surface area contributed by atoms with Crippen LogP contribution >= 0.6 is 22.9 Å². The van der Waals surface area contributed by atoms with Crippen LogP contribution < -0.4 is 5.56 Å². The summed E-state index contributed by atoms with van der Waals surface area (Å²) >= 11 is 7.57. The van der Waals surface area contributed by atoms with E-state index in [9.17, 15) is 18.4 Å². The fourth-order valence-corrected chi connectivity index (χ4v) is 4.45. The minimum absolute atomic E-state index is 0.0411. The second-order valence-electron chi connectivity index (χ2n) is 7.00. The van der Waals surface area contributed by atoms with Crippen molar-refractivity contribution in [3.8, 4) is 10.7 Å². The molecular formula is C17H17ClF2N4O2S. The molecule has 0 bridgehead atoms. The molecule has 0 radical (unpaired) electrons. The Labute approximate surface area is 162 Å². The van der Waals surface area contributed by atoms with Gasteiger partial charge >= 0.3 is 0 Å². The van der Waals surface area contributed by atoms with E-state index in [1.54, 1.807) is 5.51 Å². The van der Waals surface area contributed by atoms with Gasteiger partial charge in [0.1, 0.15) is 10.9 Å². The number of amides is 1. The predicted octanol–water partition coefficient (Wildman–Crippen LogP) is 3.22. The summed E-state index contributed by atoms with van der Waals surface area (Å²) in [6.45, 7) is 2.55. The fraction of sp³-hybridized carbons (Fsp3) is 0.529. The molecule has 1 unspecified atom stereocenters. The van der Waals surface area contributed by atoms with Gasteiger partial charge in [-0.2, -0.15) is 0 Å². The van der Waals surface area contributed by atoms with Crippen LogP contribution in [-0.4, -0.2) is 44.8 Å². The van der Waals surface area contributed by atoms with Gasteiger partial charge in [0.25, 0.3) is 11.5 Å². The molecule has 2 fully saturated rings. The van der Waals surface area contributed by atoms with Crippen LogP contribution in [0.5, 0.6) is 0 Å². The van der Waals surface area contributed by atoms with Crippen molar-refractivity contribution in [2.45, 2.75) is 38.0 Å². The standard InChI is InChI=1S/C17H17ClF2N4O2S/c1-8-13(27-7-21-8)14-22-12(11(18)15(25)23-14)9-2-4-24(5-3-9)16(26)10-6-17(10,19)20/h7,9-10H,2-6H2,1H3,(H,22,23,25). The monoisotopic (exact) mass is 414 g/mol. The maximum atomic E-state index is 13.1. The van der Waals surface area contributed by atoms with Crippen LogP contribution in [-0.2, 0) is 4.79 Å². The molecule has 1 aliphatic carbocycles. The summed E-state index contributed by atoms with van der Waals surface area (Å²) in [5.41, 5.74) is 2.52. The van der Waals surface area contributed by atoms with Crippen molar-refractivity contribution in [2.75, 3.05) is 13.1 Å². The number of rotatable bonds is 3. The van der Waals surface area contributed by atoms with Crippen molar-refractivity contribution < 1.29 is 13.6 Å². The molecule has 2 aromatic heterocycles. The van der Waals surface area contributed by atoms with Gasteiger partial charge in [0.15, 0.2) is 5.82 Å². The Morgan fingerprint density at radius 2 is 2.07 bits per heavy atom. The number of halogens is 3. The third-order valence-corrected chi connectivity index (χ3v) is 6.47. The molecule has 1 atom stereocenters. The molecule has 0 spiro atoms. The Morgan fingerprint density at radius 3 is 2.63 bits per heavy atom. The molecule has 0 aromatic carbocycles. The molecule has 6 nitrogen and oxygen atoms in total. The van der Waals surface area contributed by atoms with E-state index in [1.807, 2.05) is 6.92 Å². The van der Waals surface area contributed by atoms with Crippen molar-refractivity contribution in [1.82, 2.24) is 19.9 Å². The molecule has 1 saturated carbocycles. The lowest BCUT2D eigenvalue weighted by Gasteiger charge is -2.32. The van der Waals surface area contributed by atoms with Crippen LogP contribution in [0.15, 0.2) is 10.3 Å². The summed E-state index contributed by atoms with van der Waals surface area (Å²) in [5.74, 6) is -4.18. The molecule has 1 amide bonds. The lowest BCUT2D eigenvalue weighted by molar-refractivity contribution is -0.135. The number of alkyl halides is 2. The third kappa shape index (κ3) is 3.38. The first-order chi connectivity index (χ1) is 12.8. The summed E-state index contributed by atoms with van der Waals surface area (Å²) in [6.07, 6.45) is 0.702. The van der Waals surface area contributed by atoms with Crippen LogP contribution in [0.2, 0.25) is 5.02 Å². The summed E-state index contributed by atoms with van der Waals surface area (Å²) in [6, 6.07) is 0. The number of aromatic nitrogens is 3. The number of thiazole rings is 1. The number of nitrogens with zero attached hydrogens (tertiary/aromatic N) is 3. The van der Waals surface area contributed by atoms with Gasteiger partial charge in [0.05, 0.1) is 21.8 Å². The van der Waals surface area contributed by atoms with Crippen LogP contribution in [0.25, 0.3) is 10.7 Å². The predicted molar refractivity (Wildman–Crippen MR) is 97.3 cm³/mol. The fourth-order valence-electron chi connectivity index (χ4n) is 3.46. The number of hydrogen-bond donors (Lipinski definition) is 1. The molecule has 10 heteroatoms. The van der Waals surface area contributed by atoms with Crippen molar-refractivity contribution in [3.63, 3.8) is 0 Å². The summed E-state index contributed by atoms with van der Waals surface area (Å²) in [7, 11) is 0. The first-order valence-corrected chi connectivity index (χ1v) is 9.90. The number of hydrogen-bond acceptors (Lipinski definition) is 5. The van der Waals surface area contributed by atoms with E-state index in [1.165, 1.54) is 16.2 Å². The van der Waals surface area contributed by atoms with Crippen LogP contribution in [0, 0.1) is 12.8 Å². The minimum atomic E-state index is -2.85. The number of piperidine rings is 1. The molecule has 144 valence electrons. The van der Waals surface area contributed by atoms with Crippen molar-refractivity contribution >= 4 is 28.8 Å². The Kier molecular flexibility index (Phi) is 4.54. The number of aromatic amines is 1. The number of aryl methyl sites for hydroxylation is 1. The van der Waals surface area contributed by atoms with Gasteiger partial charge in [-0.3, -0.25) is 9.59 Å². The lowest BCUT2D eigenvalue weighted by Crippen LogP contribution is -2.40. The number of carbonyl (C=O) groups is 1. The molecule has 4 rings (SSSR count). The van der Waals surface area contributed by atoms with E-state index in [0.717, 1.165) is 10.6 Å². The highest BCUT2D eigenvalue weighted by atomic mass is 35.5. The molecule has 3 heterocycles. The average molecular weight is 415 g/mol. The maximum absolute atomic E-state index is 13.1. The highest BCUT2D eigenvalue weighted by Gasteiger charge is 2.62.